The number of nitro groups is 1. The third-order valence-corrected chi connectivity index (χ3v) is 6.89. The normalized spacial score (nSPS) is 22.4. The molecule has 0 unspecified atom stereocenters. The lowest BCUT2D eigenvalue weighted by atomic mass is 9.86. The minimum Gasteiger partial charge on any atom is -0.480 e. The first-order valence-corrected chi connectivity index (χ1v) is 10.4. The van der Waals surface area contributed by atoms with E-state index >= 15 is 0 Å². The summed E-state index contributed by atoms with van der Waals surface area (Å²) in [6.45, 7) is 2.12. The van der Waals surface area contributed by atoms with Gasteiger partial charge in [0.2, 0.25) is 10.0 Å². The van der Waals surface area contributed by atoms with Crippen molar-refractivity contribution in [2.75, 3.05) is 13.1 Å². The van der Waals surface area contributed by atoms with Gasteiger partial charge in [0.05, 0.1) is 16.4 Å². The van der Waals surface area contributed by atoms with Crippen LogP contribution in [0.5, 0.6) is 0 Å². The Morgan fingerprint density at radius 3 is 2.59 bits per heavy atom. The topological polar surface area (TPSA) is 130 Å². The fourth-order valence-corrected chi connectivity index (χ4v) is 5.03. The van der Waals surface area contributed by atoms with Crippen LogP contribution >= 0.6 is 0 Å². The highest BCUT2D eigenvalue weighted by molar-refractivity contribution is 7.89. The molecule has 9 nitrogen and oxygen atoms in total. The zero-order valence-corrected chi connectivity index (χ0v) is 15.8. The first-order chi connectivity index (χ1) is 12.7. The second kappa shape index (κ2) is 7.53. The second-order valence-electron chi connectivity index (χ2n) is 7.37. The van der Waals surface area contributed by atoms with Gasteiger partial charge in [-0.15, -0.1) is 0 Å². The number of benzene rings is 1. The van der Waals surface area contributed by atoms with Gasteiger partial charge >= 0.3 is 5.97 Å². The standard InChI is InChI=1S/C17H23N3O6S/c1-11-15(20(23)24)3-2-4-16(11)27(25,26)18-13-7-14(8-13)19(10-17(21)22)9-12-5-6-12/h2-4,12-14,18H,5-10H2,1H3,(H,21,22). The van der Waals surface area contributed by atoms with E-state index in [1.807, 2.05) is 4.90 Å². The maximum atomic E-state index is 12.6. The number of rotatable bonds is 9. The van der Waals surface area contributed by atoms with E-state index < -0.39 is 20.9 Å². The van der Waals surface area contributed by atoms with Gasteiger partial charge in [0.15, 0.2) is 0 Å². The summed E-state index contributed by atoms with van der Waals surface area (Å²) in [7, 11) is -3.88. The van der Waals surface area contributed by atoms with E-state index in [0.29, 0.717) is 18.8 Å². The molecule has 0 heterocycles. The lowest BCUT2D eigenvalue weighted by Gasteiger charge is -2.42. The number of carboxylic acid groups (broad SMARTS) is 1. The number of hydrogen-bond donors (Lipinski definition) is 2. The molecule has 0 atom stereocenters. The largest absolute Gasteiger partial charge is 0.480 e. The maximum absolute atomic E-state index is 12.6. The van der Waals surface area contributed by atoms with Gasteiger partial charge in [0.25, 0.3) is 5.69 Å². The van der Waals surface area contributed by atoms with Crippen LogP contribution in [0.25, 0.3) is 0 Å². The summed E-state index contributed by atoms with van der Waals surface area (Å²) >= 11 is 0. The van der Waals surface area contributed by atoms with Crippen molar-refractivity contribution >= 4 is 21.7 Å². The Morgan fingerprint density at radius 2 is 2.04 bits per heavy atom. The third kappa shape index (κ3) is 4.63. The zero-order chi connectivity index (χ0) is 19.8. The molecule has 0 aliphatic heterocycles. The van der Waals surface area contributed by atoms with Crippen LogP contribution in [0, 0.1) is 23.0 Å². The number of sulfonamides is 1. The Kier molecular flexibility index (Phi) is 5.50. The van der Waals surface area contributed by atoms with Crippen LogP contribution in [0.3, 0.4) is 0 Å². The van der Waals surface area contributed by atoms with Gasteiger partial charge in [-0.3, -0.25) is 19.8 Å². The van der Waals surface area contributed by atoms with Crippen LogP contribution < -0.4 is 4.72 Å². The lowest BCUT2D eigenvalue weighted by molar-refractivity contribution is -0.385. The van der Waals surface area contributed by atoms with Gasteiger partial charge in [-0.05, 0) is 44.6 Å². The Labute approximate surface area is 157 Å². The molecule has 0 amide bonds. The van der Waals surface area contributed by atoms with E-state index in [0.717, 1.165) is 19.4 Å². The molecule has 1 aromatic rings. The van der Waals surface area contributed by atoms with E-state index in [9.17, 15) is 23.3 Å². The first-order valence-electron chi connectivity index (χ1n) is 8.89. The van der Waals surface area contributed by atoms with Crippen molar-refractivity contribution in [3.05, 3.63) is 33.9 Å². The Hall–Kier alpha value is -2.04. The summed E-state index contributed by atoms with van der Waals surface area (Å²) in [5.74, 6) is -0.334. The Morgan fingerprint density at radius 1 is 1.37 bits per heavy atom. The third-order valence-electron chi connectivity index (χ3n) is 5.22. The number of carbonyl (C=O) groups is 1. The lowest BCUT2D eigenvalue weighted by Crippen LogP contribution is -2.55. The van der Waals surface area contributed by atoms with Gasteiger partial charge < -0.3 is 5.11 Å². The van der Waals surface area contributed by atoms with Crippen LogP contribution in [0.15, 0.2) is 23.1 Å². The predicted molar refractivity (Wildman–Crippen MR) is 96.9 cm³/mol. The molecule has 0 spiro atoms. The molecular weight excluding hydrogens is 374 g/mol. The van der Waals surface area contributed by atoms with Gasteiger partial charge in [0, 0.05) is 30.3 Å². The molecule has 2 saturated carbocycles. The summed E-state index contributed by atoms with van der Waals surface area (Å²) < 4.78 is 27.9. The summed E-state index contributed by atoms with van der Waals surface area (Å²) in [6.07, 6.45) is 3.30. The highest BCUT2D eigenvalue weighted by Crippen LogP contribution is 2.34. The van der Waals surface area contributed by atoms with Gasteiger partial charge in [0.1, 0.15) is 0 Å². The van der Waals surface area contributed by atoms with Crippen molar-refractivity contribution in [3.8, 4) is 0 Å². The molecule has 2 fully saturated rings. The van der Waals surface area contributed by atoms with Crippen molar-refractivity contribution in [1.29, 1.82) is 0 Å². The predicted octanol–water partition coefficient (Wildman–Crippen LogP) is 1.51. The smallest absolute Gasteiger partial charge is 0.317 e. The molecule has 0 bridgehead atoms. The summed E-state index contributed by atoms with van der Waals surface area (Å²) in [4.78, 5) is 23.3. The number of nitrogens with one attached hydrogen (secondary N) is 1. The molecule has 2 N–H and O–H groups in total. The summed E-state index contributed by atoms with van der Waals surface area (Å²) in [5.41, 5.74) is -0.131. The molecule has 27 heavy (non-hydrogen) atoms. The SMILES string of the molecule is Cc1c([N+](=O)[O-])cccc1S(=O)(=O)NC1CC(N(CC(=O)O)CC2CC2)C1. The minimum atomic E-state index is -3.88. The van der Waals surface area contributed by atoms with Crippen LogP contribution in [0.1, 0.15) is 31.2 Å². The Bertz CT molecular complexity index is 846. The fraction of sp³-hybridized carbons (Fsp3) is 0.588. The van der Waals surface area contributed by atoms with Crippen LogP contribution in [0.4, 0.5) is 5.69 Å². The van der Waals surface area contributed by atoms with Crippen molar-refractivity contribution in [2.24, 2.45) is 5.92 Å². The van der Waals surface area contributed by atoms with E-state index in [1.54, 1.807) is 0 Å². The number of hydrogen-bond acceptors (Lipinski definition) is 6. The number of nitro benzene ring substituents is 1. The van der Waals surface area contributed by atoms with Crippen LogP contribution in [-0.4, -0.2) is 54.5 Å². The molecule has 0 aromatic heterocycles. The summed E-state index contributed by atoms with van der Waals surface area (Å²) in [6, 6.07) is 3.72. The monoisotopic (exact) mass is 397 g/mol. The van der Waals surface area contributed by atoms with E-state index in [2.05, 4.69) is 4.72 Å². The van der Waals surface area contributed by atoms with Crippen molar-refractivity contribution < 1.29 is 23.2 Å². The molecule has 2 aliphatic carbocycles. The first kappa shape index (κ1) is 19.7. The minimum absolute atomic E-state index is 0.0371. The summed E-state index contributed by atoms with van der Waals surface area (Å²) in [5, 5.41) is 20.1. The van der Waals surface area contributed by atoms with E-state index in [1.165, 1.54) is 25.1 Å². The highest BCUT2D eigenvalue weighted by Gasteiger charge is 2.39. The maximum Gasteiger partial charge on any atom is 0.317 e. The van der Waals surface area contributed by atoms with Crippen molar-refractivity contribution in [1.82, 2.24) is 9.62 Å². The van der Waals surface area contributed by atoms with E-state index in [-0.39, 0.29) is 34.8 Å². The quantitative estimate of drug-likeness (QED) is 0.477. The highest BCUT2D eigenvalue weighted by atomic mass is 32.2. The molecule has 0 saturated heterocycles. The molecular formula is C17H23N3O6S. The molecule has 1 aromatic carbocycles. The molecule has 0 radical (unpaired) electrons. The number of aliphatic carboxylic acids is 1. The van der Waals surface area contributed by atoms with E-state index in [4.69, 9.17) is 5.11 Å². The number of nitrogens with zero attached hydrogens (tertiary/aromatic N) is 2. The molecule has 10 heteroatoms. The molecule has 3 rings (SSSR count). The average molecular weight is 397 g/mol. The van der Waals surface area contributed by atoms with Gasteiger partial charge in [-0.2, -0.15) is 0 Å². The van der Waals surface area contributed by atoms with Crippen molar-refractivity contribution in [3.63, 3.8) is 0 Å². The molecule has 148 valence electrons. The van der Waals surface area contributed by atoms with Crippen LogP contribution in [-0.2, 0) is 14.8 Å². The average Bonchev–Trinajstić information content (AvgIpc) is 3.33. The fourth-order valence-electron chi connectivity index (χ4n) is 3.51. The molecule has 2 aliphatic rings. The van der Waals surface area contributed by atoms with Crippen molar-refractivity contribution in [2.45, 2.75) is 49.6 Å². The Balaban J connectivity index is 1.64. The van der Waals surface area contributed by atoms with Gasteiger partial charge in [-0.1, -0.05) is 6.07 Å². The van der Waals surface area contributed by atoms with Gasteiger partial charge in [-0.25, -0.2) is 13.1 Å². The van der Waals surface area contributed by atoms with Crippen LogP contribution in [0.2, 0.25) is 0 Å². The zero-order valence-electron chi connectivity index (χ0n) is 15.0. The second-order valence-corrected chi connectivity index (χ2v) is 9.05. The number of carboxylic acids is 1.